The Morgan fingerprint density at radius 2 is 1.56 bits per heavy atom. The van der Waals surface area contributed by atoms with Crippen LogP contribution in [0, 0.1) is 32.1 Å². The molecule has 0 fully saturated rings. The molecule has 0 aliphatic rings. The largest absolute Gasteiger partial charge is 0.444 e. The summed E-state index contributed by atoms with van der Waals surface area (Å²) in [5.74, 6) is 1.65. The molecule has 0 aliphatic heterocycles. The summed E-state index contributed by atoms with van der Waals surface area (Å²) in [5, 5.41) is 5.84. The fourth-order valence-electron chi connectivity index (χ4n) is 4.36. The SMILES string of the molecule is C#Cc1ccc(C(C(=O)Nc2c(C)cccc2C)N(C(=O)C(NC(=O)OC(C)(C)C)C(C)CC)C(C)C)cc1. The molecule has 0 bridgehead atoms. The number of carbonyl (C=O) groups excluding carboxylic acids is 3. The summed E-state index contributed by atoms with van der Waals surface area (Å²) in [4.78, 5) is 42.6. The number of hydrogen-bond acceptors (Lipinski definition) is 4. The Morgan fingerprint density at radius 3 is 2.03 bits per heavy atom. The predicted molar refractivity (Wildman–Crippen MR) is 156 cm³/mol. The van der Waals surface area contributed by atoms with Crippen molar-refractivity contribution in [3.63, 3.8) is 0 Å². The monoisotopic (exact) mass is 533 g/mol. The first kappa shape index (κ1) is 31.4. The van der Waals surface area contributed by atoms with Crippen molar-refractivity contribution in [3.05, 3.63) is 64.7 Å². The number of aryl methyl sites for hydroxylation is 2. The van der Waals surface area contributed by atoms with E-state index >= 15 is 0 Å². The zero-order valence-corrected chi connectivity index (χ0v) is 24.7. The fraction of sp³-hybridized carbons (Fsp3) is 0.469. The van der Waals surface area contributed by atoms with Crippen LogP contribution in [0.3, 0.4) is 0 Å². The van der Waals surface area contributed by atoms with Crippen LogP contribution in [0.2, 0.25) is 0 Å². The Labute approximate surface area is 233 Å². The molecule has 210 valence electrons. The van der Waals surface area contributed by atoms with Gasteiger partial charge in [-0.1, -0.05) is 56.5 Å². The smallest absolute Gasteiger partial charge is 0.408 e. The Bertz CT molecular complexity index is 1190. The van der Waals surface area contributed by atoms with Crippen molar-refractivity contribution >= 4 is 23.6 Å². The maximum Gasteiger partial charge on any atom is 0.408 e. The Kier molecular flexibility index (Phi) is 10.7. The van der Waals surface area contributed by atoms with Crippen LogP contribution in [0.1, 0.15) is 83.2 Å². The van der Waals surface area contributed by atoms with E-state index in [2.05, 4.69) is 16.6 Å². The Morgan fingerprint density at radius 1 is 1.00 bits per heavy atom. The number of hydrogen-bond donors (Lipinski definition) is 2. The molecule has 0 saturated carbocycles. The molecule has 3 atom stereocenters. The van der Waals surface area contributed by atoms with Gasteiger partial charge in [0, 0.05) is 17.3 Å². The highest BCUT2D eigenvalue weighted by Gasteiger charge is 2.39. The minimum absolute atomic E-state index is 0.211. The quantitative estimate of drug-likeness (QED) is 0.379. The molecule has 0 aliphatic carbocycles. The Hall–Kier alpha value is -3.79. The van der Waals surface area contributed by atoms with Gasteiger partial charge in [-0.2, -0.15) is 0 Å². The highest BCUT2D eigenvalue weighted by Crippen LogP contribution is 2.29. The molecule has 0 aromatic heterocycles. The van der Waals surface area contributed by atoms with Crippen molar-refractivity contribution in [1.82, 2.24) is 10.2 Å². The highest BCUT2D eigenvalue weighted by atomic mass is 16.6. The minimum atomic E-state index is -0.977. The fourth-order valence-corrected chi connectivity index (χ4v) is 4.36. The zero-order chi connectivity index (χ0) is 29.5. The summed E-state index contributed by atoms with van der Waals surface area (Å²) < 4.78 is 5.46. The van der Waals surface area contributed by atoms with Gasteiger partial charge in [-0.15, -0.1) is 6.42 Å². The van der Waals surface area contributed by atoms with E-state index in [0.717, 1.165) is 11.1 Å². The second-order valence-electron chi connectivity index (χ2n) is 11.3. The lowest BCUT2D eigenvalue weighted by molar-refractivity contribution is -0.144. The summed E-state index contributed by atoms with van der Waals surface area (Å²) in [7, 11) is 0. The molecule has 3 amide bonds. The summed E-state index contributed by atoms with van der Waals surface area (Å²) >= 11 is 0. The number of carbonyl (C=O) groups is 3. The van der Waals surface area contributed by atoms with E-state index in [0.29, 0.717) is 23.2 Å². The van der Waals surface area contributed by atoms with Gasteiger partial charge in [0.1, 0.15) is 17.7 Å². The van der Waals surface area contributed by atoms with E-state index in [1.165, 1.54) is 0 Å². The minimum Gasteiger partial charge on any atom is -0.444 e. The molecule has 2 rings (SSSR count). The van der Waals surface area contributed by atoms with Gasteiger partial charge in [0.15, 0.2) is 0 Å². The lowest BCUT2D eigenvalue weighted by atomic mass is 9.94. The zero-order valence-electron chi connectivity index (χ0n) is 24.7. The molecular weight excluding hydrogens is 490 g/mol. The summed E-state index contributed by atoms with van der Waals surface area (Å²) in [5.41, 5.74) is 3.08. The number of nitrogens with one attached hydrogen (secondary N) is 2. The van der Waals surface area contributed by atoms with Crippen LogP contribution in [0.25, 0.3) is 0 Å². The van der Waals surface area contributed by atoms with Crippen LogP contribution in [-0.4, -0.2) is 40.5 Å². The summed E-state index contributed by atoms with van der Waals surface area (Å²) in [6, 6.07) is 10.6. The summed E-state index contributed by atoms with van der Waals surface area (Å²) in [6.45, 7) is 16.7. The molecule has 0 saturated heterocycles. The van der Waals surface area contributed by atoms with Crippen LogP contribution in [0.5, 0.6) is 0 Å². The third kappa shape index (κ3) is 8.35. The molecule has 7 heteroatoms. The highest BCUT2D eigenvalue weighted by molar-refractivity contribution is 6.00. The number of para-hydroxylation sites is 1. The maximum absolute atomic E-state index is 14.3. The van der Waals surface area contributed by atoms with E-state index in [1.807, 2.05) is 59.7 Å². The van der Waals surface area contributed by atoms with Gasteiger partial charge in [0.05, 0.1) is 0 Å². The van der Waals surface area contributed by atoms with Gasteiger partial charge in [-0.25, -0.2) is 4.79 Å². The van der Waals surface area contributed by atoms with Crippen LogP contribution < -0.4 is 10.6 Å². The van der Waals surface area contributed by atoms with Crippen molar-refractivity contribution in [2.45, 2.75) is 92.5 Å². The normalized spacial score (nSPS) is 13.6. The van der Waals surface area contributed by atoms with E-state index in [9.17, 15) is 14.4 Å². The summed E-state index contributed by atoms with van der Waals surface area (Å²) in [6.07, 6.45) is 5.51. The van der Waals surface area contributed by atoms with E-state index < -0.39 is 23.8 Å². The van der Waals surface area contributed by atoms with Crippen LogP contribution >= 0.6 is 0 Å². The molecule has 0 radical (unpaired) electrons. The molecule has 2 N–H and O–H groups in total. The molecule has 2 aromatic rings. The second kappa shape index (κ2) is 13.3. The third-order valence-corrected chi connectivity index (χ3v) is 6.61. The average Bonchev–Trinajstić information content (AvgIpc) is 2.86. The first-order valence-electron chi connectivity index (χ1n) is 13.5. The first-order valence-corrected chi connectivity index (χ1v) is 13.5. The molecule has 7 nitrogen and oxygen atoms in total. The van der Waals surface area contributed by atoms with Crippen LogP contribution in [0.4, 0.5) is 10.5 Å². The third-order valence-electron chi connectivity index (χ3n) is 6.61. The number of anilines is 1. The number of nitrogens with zero attached hydrogens (tertiary/aromatic N) is 1. The second-order valence-corrected chi connectivity index (χ2v) is 11.3. The van der Waals surface area contributed by atoms with Crippen LogP contribution in [-0.2, 0) is 14.3 Å². The predicted octanol–water partition coefficient (Wildman–Crippen LogP) is 6.14. The van der Waals surface area contributed by atoms with Gasteiger partial charge in [-0.05, 0) is 83.2 Å². The number of rotatable bonds is 9. The number of benzene rings is 2. The van der Waals surface area contributed by atoms with Crippen molar-refractivity contribution in [2.75, 3.05) is 5.32 Å². The van der Waals surface area contributed by atoms with Gasteiger partial charge >= 0.3 is 6.09 Å². The van der Waals surface area contributed by atoms with Gasteiger partial charge in [0.2, 0.25) is 5.91 Å². The molecular formula is C32H43N3O4. The van der Waals surface area contributed by atoms with Gasteiger partial charge < -0.3 is 20.3 Å². The standard InChI is InChI=1S/C32H43N3O4/c1-11-21(5)27(34-31(38)39-32(8,9)10)30(37)35(20(3)4)28(25-18-16-24(12-2)17-19-25)29(36)33-26-22(6)14-13-15-23(26)7/h2,13-21,27-28H,11H2,1,3-10H3,(H,33,36)(H,34,38). The van der Waals surface area contributed by atoms with E-state index in [-0.39, 0.29) is 23.8 Å². The Balaban J connectivity index is 2.60. The van der Waals surface area contributed by atoms with Crippen molar-refractivity contribution in [2.24, 2.45) is 5.92 Å². The molecule has 39 heavy (non-hydrogen) atoms. The number of amides is 3. The number of alkyl carbamates (subject to hydrolysis) is 1. The average molecular weight is 534 g/mol. The van der Waals surface area contributed by atoms with Crippen molar-refractivity contribution < 1.29 is 19.1 Å². The molecule has 0 spiro atoms. The van der Waals surface area contributed by atoms with Crippen molar-refractivity contribution in [3.8, 4) is 12.3 Å². The van der Waals surface area contributed by atoms with E-state index in [1.54, 1.807) is 49.9 Å². The van der Waals surface area contributed by atoms with Crippen molar-refractivity contribution in [1.29, 1.82) is 0 Å². The lowest BCUT2D eigenvalue weighted by Crippen LogP contribution is -2.56. The topological polar surface area (TPSA) is 87.7 Å². The molecule has 3 unspecified atom stereocenters. The molecule has 2 aromatic carbocycles. The van der Waals surface area contributed by atoms with Gasteiger partial charge in [0.25, 0.3) is 5.91 Å². The number of ether oxygens (including phenoxy) is 1. The van der Waals surface area contributed by atoms with Crippen LogP contribution in [0.15, 0.2) is 42.5 Å². The maximum atomic E-state index is 14.3. The lowest BCUT2D eigenvalue weighted by Gasteiger charge is -2.38. The molecule has 0 heterocycles. The first-order chi connectivity index (χ1) is 18.2. The van der Waals surface area contributed by atoms with Gasteiger partial charge in [-0.3, -0.25) is 9.59 Å². The van der Waals surface area contributed by atoms with E-state index in [4.69, 9.17) is 11.2 Å². The number of terminal acetylenes is 1.